The number of fused-ring (bicyclic) bond motifs is 7. The van der Waals surface area contributed by atoms with Crippen LogP contribution in [0.2, 0.25) is 0 Å². The lowest BCUT2D eigenvalue weighted by molar-refractivity contribution is 1.18. The van der Waals surface area contributed by atoms with Crippen LogP contribution < -0.4 is 0 Å². The molecular weight excluding hydrogens is 789 g/mol. The van der Waals surface area contributed by atoms with Crippen LogP contribution in [-0.2, 0) is 0 Å². The molecular formula is C61H36N4. The van der Waals surface area contributed by atoms with E-state index in [1.54, 1.807) is 0 Å². The van der Waals surface area contributed by atoms with Gasteiger partial charge >= 0.3 is 0 Å². The molecule has 0 aliphatic rings. The molecule has 4 heteroatoms. The van der Waals surface area contributed by atoms with Gasteiger partial charge in [-0.05, 0) is 91.3 Å². The number of hydrogen-bond acceptors (Lipinski definition) is 3. The Labute approximate surface area is 373 Å². The van der Waals surface area contributed by atoms with Gasteiger partial charge in [0.05, 0.1) is 33.5 Å². The third kappa shape index (κ3) is 5.47. The summed E-state index contributed by atoms with van der Waals surface area (Å²) >= 11 is 0. The summed E-state index contributed by atoms with van der Waals surface area (Å²) in [6.07, 6.45) is 0. The van der Waals surface area contributed by atoms with Gasteiger partial charge < -0.3 is 4.57 Å². The Bertz CT molecular complexity index is 4190. The minimum absolute atomic E-state index is 0.708. The van der Waals surface area contributed by atoms with E-state index in [1.807, 2.05) is 0 Å². The van der Waals surface area contributed by atoms with Crippen molar-refractivity contribution >= 4 is 86.7 Å². The number of hydrogen-bond donors (Lipinski definition) is 0. The van der Waals surface area contributed by atoms with Gasteiger partial charge in [-0.15, -0.1) is 0 Å². The average molecular weight is 825 g/mol. The molecule has 300 valence electrons. The number of benzene rings is 11. The van der Waals surface area contributed by atoms with Crippen LogP contribution in [0.25, 0.3) is 137 Å². The quantitative estimate of drug-likeness (QED) is 0.162. The normalized spacial score (nSPS) is 12.0. The van der Waals surface area contributed by atoms with Crippen molar-refractivity contribution in [3.8, 4) is 50.7 Å². The van der Waals surface area contributed by atoms with E-state index in [2.05, 4.69) is 223 Å². The largest absolute Gasteiger partial charge is 0.309 e. The molecule has 0 N–H and O–H groups in total. The van der Waals surface area contributed by atoms with Gasteiger partial charge in [0, 0.05) is 49.3 Å². The fourth-order valence-corrected chi connectivity index (χ4v) is 10.5. The van der Waals surface area contributed by atoms with Gasteiger partial charge in [0.2, 0.25) is 0 Å². The van der Waals surface area contributed by atoms with Gasteiger partial charge in [0.15, 0.2) is 5.82 Å². The summed E-state index contributed by atoms with van der Waals surface area (Å²) in [5, 5.41) is 14.4. The van der Waals surface area contributed by atoms with E-state index < -0.39 is 0 Å². The maximum absolute atomic E-state index is 5.39. The molecule has 0 radical (unpaired) electrons. The first kappa shape index (κ1) is 35.8. The van der Waals surface area contributed by atoms with Crippen LogP contribution in [0.3, 0.4) is 0 Å². The lowest BCUT2D eigenvalue weighted by atomic mass is 9.90. The van der Waals surface area contributed by atoms with Crippen LogP contribution in [0.1, 0.15) is 0 Å². The van der Waals surface area contributed by atoms with Crippen molar-refractivity contribution in [2.45, 2.75) is 0 Å². The molecule has 0 amide bonds. The summed E-state index contributed by atoms with van der Waals surface area (Å²) in [5.41, 5.74) is 12.7. The maximum atomic E-state index is 5.39. The Balaban J connectivity index is 0.917. The molecule has 0 bridgehead atoms. The van der Waals surface area contributed by atoms with E-state index in [4.69, 9.17) is 15.0 Å². The van der Waals surface area contributed by atoms with Crippen LogP contribution in [0.15, 0.2) is 218 Å². The highest BCUT2D eigenvalue weighted by molar-refractivity contribution is 6.26. The van der Waals surface area contributed by atoms with E-state index in [0.29, 0.717) is 5.82 Å². The number of aromatic nitrogens is 4. The first-order chi connectivity index (χ1) is 32.2. The molecule has 0 saturated carbocycles. The van der Waals surface area contributed by atoms with Gasteiger partial charge in [-0.25, -0.2) is 15.0 Å². The monoisotopic (exact) mass is 824 g/mol. The zero-order chi connectivity index (χ0) is 42.6. The van der Waals surface area contributed by atoms with Crippen molar-refractivity contribution in [3.05, 3.63) is 218 Å². The first-order valence-corrected chi connectivity index (χ1v) is 22.2. The predicted octanol–water partition coefficient (Wildman–Crippen LogP) is 16.0. The van der Waals surface area contributed by atoms with Gasteiger partial charge in [0.1, 0.15) is 0 Å². The summed E-state index contributed by atoms with van der Waals surface area (Å²) in [6.45, 7) is 0. The van der Waals surface area contributed by atoms with Gasteiger partial charge in [-0.3, -0.25) is 0 Å². The Hall–Kier alpha value is -8.73. The highest BCUT2D eigenvalue weighted by Crippen LogP contribution is 2.43. The minimum atomic E-state index is 0.708. The summed E-state index contributed by atoms with van der Waals surface area (Å²) in [5.74, 6) is 0.708. The summed E-state index contributed by atoms with van der Waals surface area (Å²) < 4.78 is 2.40. The molecule has 65 heavy (non-hydrogen) atoms. The van der Waals surface area contributed by atoms with Gasteiger partial charge in [-0.1, -0.05) is 176 Å². The number of nitrogens with zero attached hydrogens (tertiary/aromatic N) is 4. The second-order valence-corrected chi connectivity index (χ2v) is 17.1. The molecule has 0 fully saturated rings. The van der Waals surface area contributed by atoms with Crippen molar-refractivity contribution in [1.29, 1.82) is 0 Å². The molecule has 0 unspecified atom stereocenters. The average Bonchev–Trinajstić information content (AvgIpc) is 3.69. The summed E-state index contributed by atoms with van der Waals surface area (Å²) in [6, 6.07) is 78.5. The van der Waals surface area contributed by atoms with Crippen molar-refractivity contribution in [1.82, 2.24) is 19.5 Å². The zero-order valence-electron chi connectivity index (χ0n) is 35.1. The standard InChI is InChI=1S/C61H36N4/c1-3-12-41(13-4-1)59-47-19-8-7-18-45(47)50-36-56-52(35-54(50)62-59)51-34-43(30-33-55(51)65(56)44-16-5-2-6-17-44)37-22-26-42(27-23-37)61-63-53-21-10-9-20-49(53)60(64-61)48-32-29-40-25-24-38-14-11-15-39-28-31-46(48)58(40)57(38)39/h1-36H. The number of para-hydroxylation sites is 2. The number of rotatable bonds is 5. The molecule has 0 aliphatic carbocycles. The van der Waals surface area contributed by atoms with Crippen molar-refractivity contribution in [3.63, 3.8) is 0 Å². The maximum Gasteiger partial charge on any atom is 0.160 e. The Morgan fingerprint density at radius 2 is 0.938 bits per heavy atom. The fourth-order valence-electron chi connectivity index (χ4n) is 10.5. The Morgan fingerprint density at radius 3 is 1.75 bits per heavy atom. The number of pyridine rings is 1. The SMILES string of the molecule is c1ccc(-c2nc3cc4c5cc(-c6ccc(-c7nc(-c8ccc9ccc%10cccc%11ccc8c9c%10%11)c8ccccc8n7)cc6)ccc5n(-c5ccccc5)c4cc3c3ccccc23)cc1. The molecule has 3 aromatic heterocycles. The molecule has 0 saturated heterocycles. The summed E-state index contributed by atoms with van der Waals surface area (Å²) in [4.78, 5) is 15.9. The predicted molar refractivity (Wildman–Crippen MR) is 272 cm³/mol. The van der Waals surface area contributed by atoms with Gasteiger partial charge in [0.25, 0.3) is 0 Å². The minimum Gasteiger partial charge on any atom is -0.309 e. The Kier molecular flexibility index (Phi) is 7.65. The van der Waals surface area contributed by atoms with Crippen LogP contribution in [0, 0.1) is 0 Å². The highest BCUT2D eigenvalue weighted by atomic mass is 15.0. The summed E-state index contributed by atoms with van der Waals surface area (Å²) in [7, 11) is 0. The molecule has 11 aromatic carbocycles. The van der Waals surface area contributed by atoms with Crippen LogP contribution in [0.5, 0.6) is 0 Å². The third-order valence-electron chi connectivity index (χ3n) is 13.5. The van der Waals surface area contributed by atoms with Crippen molar-refractivity contribution in [2.75, 3.05) is 0 Å². The second kappa shape index (κ2) is 13.9. The zero-order valence-corrected chi connectivity index (χ0v) is 35.1. The van der Waals surface area contributed by atoms with Crippen molar-refractivity contribution < 1.29 is 0 Å². The fraction of sp³-hybridized carbons (Fsp3) is 0. The Morgan fingerprint density at radius 1 is 0.292 bits per heavy atom. The molecule has 4 nitrogen and oxygen atoms in total. The molecule has 0 atom stereocenters. The lowest BCUT2D eigenvalue weighted by Crippen LogP contribution is -1.96. The van der Waals surface area contributed by atoms with Gasteiger partial charge in [-0.2, -0.15) is 0 Å². The van der Waals surface area contributed by atoms with E-state index in [-0.39, 0.29) is 0 Å². The van der Waals surface area contributed by atoms with E-state index in [1.165, 1.54) is 48.5 Å². The molecule has 14 aromatic rings. The molecule has 3 heterocycles. The van der Waals surface area contributed by atoms with Crippen LogP contribution >= 0.6 is 0 Å². The smallest absolute Gasteiger partial charge is 0.160 e. The van der Waals surface area contributed by atoms with Crippen LogP contribution in [-0.4, -0.2) is 19.5 Å². The van der Waals surface area contributed by atoms with E-state index in [9.17, 15) is 0 Å². The highest BCUT2D eigenvalue weighted by Gasteiger charge is 2.20. The van der Waals surface area contributed by atoms with E-state index >= 15 is 0 Å². The lowest BCUT2D eigenvalue weighted by Gasteiger charge is -2.15. The second-order valence-electron chi connectivity index (χ2n) is 17.1. The molecule has 0 aliphatic heterocycles. The first-order valence-electron chi connectivity index (χ1n) is 22.2. The molecule has 0 spiro atoms. The third-order valence-corrected chi connectivity index (χ3v) is 13.5. The van der Waals surface area contributed by atoms with Crippen LogP contribution in [0.4, 0.5) is 0 Å². The van der Waals surface area contributed by atoms with Crippen molar-refractivity contribution in [2.24, 2.45) is 0 Å². The van der Waals surface area contributed by atoms with E-state index in [0.717, 1.165) is 83.1 Å². The topological polar surface area (TPSA) is 43.6 Å². The molecule has 14 rings (SSSR count).